The number of unbranched alkanes of at least 4 members (excludes halogenated alkanes) is 1. The molecule has 1 saturated carbocycles. The maximum atomic E-state index is 13.1. The Balaban J connectivity index is 1.12. The van der Waals surface area contributed by atoms with Gasteiger partial charge < -0.3 is 14.8 Å². The number of anilines is 1. The molecule has 1 N–H and O–H groups in total. The number of pyridine rings is 2. The summed E-state index contributed by atoms with van der Waals surface area (Å²) in [7, 11) is 0. The van der Waals surface area contributed by atoms with Crippen LogP contribution in [0.4, 0.5) is 5.82 Å². The van der Waals surface area contributed by atoms with Gasteiger partial charge in [-0.1, -0.05) is 18.6 Å². The monoisotopic (exact) mass is 492 g/mol. The predicted molar refractivity (Wildman–Crippen MR) is 140 cm³/mol. The summed E-state index contributed by atoms with van der Waals surface area (Å²) in [5.74, 6) is 1.37. The van der Waals surface area contributed by atoms with E-state index in [1.807, 2.05) is 19.2 Å². The molecule has 194 valence electrons. The van der Waals surface area contributed by atoms with Gasteiger partial charge in [-0.05, 0) is 76.0 Å². The van der Waals surface area contributed by atoms with Crippen LogP contribution in [-0.4, -0.2) is 59.8 Å². The van der Waals surface area contributed by atoms with Crippen LogP contribution in [0, 0.1) is 0 Å². The van der Waals surface area contributed by atoms with Crippen LogP contribution in [0.25, 0.3) is 0 Å². The Morgan fingerprint density at radius 2 is 2.11 bits per heavy atom. The molecular weight excluding hydrogens is 452 g/mol. The van der Waals surface area contributed by atoms with Crippen molar-refractivity contribution in [1.82, 2.24) is 14.9 Å². The number of aromatic nitrogens is 2. The minimum absolute atomic E-state index is 0.150. The average Bonchev–Trinajstić information content (AvgIpc) is 3.32. The molecule has 0 amide bonds. The quantitative estimate of drug-likeness (QED) is 0.356. The zero-order chi connectivity index (χ0) is 24.7. The number of aryl methyl sites for hydroxylation is 2. The second-order valence-corrected chi connectivity index (χ2v) is 10.3. The van der Waals surface area contributed by atoms with E-state index in [0.29, 0.717) is 12.5 Å². The molecule has 0 spiro atoms. The maximum Gasteiger partial charge on any atom is 0.328 e. The van der Waals surface area contributed by atoms with Crippen molar-refractivity contribution in [2.45, 2.75) is 82.8 Å². The largest absolute Gasteiger partial charge is 0.465 e. The molecule has 1 unspecified atom stereocenters. The normalized spacial score (nSPS) is 20.9. The lowest BCUT2D eigenvalue weighted by Crippen LogP contribution is -2.36. The van der Waals surface area contributed by atoms with Crippen molar-refractivity contribution in [3.8, 4) is 0 Å². The SMILES string of the molecule is CCOC(=O)C(c1cccnc1C1CCC1)N1CC[C@@H](OCCCCc2ccc3c(n2)NCCC3)C1. The van der Waals surface area contributed by atoms with Crippen molar-refractivity contribution in [2.24, 2.45) is 0 Å². The topological polar surface area (TPSA) is 76.6 Å². The molecular formula is C29H40N4O3. The number of fused-ring (bicyclic) bond motifs is 1. The molecule has 4 heterocycles. The van der Waals surface area contributed by atoms with Crippen molar-refractivity contribution in [2.75, 3.05) is 38.2 Å². The van der Waals surface area contributed by atoms with Gasteiger partial charge in [0.2, 0.25) is 0 Å². The molecule has 1 aliphatic carbocycles. The van der Waals surface area contributed by atoms with Crippen LogP contribution in [0.3, 0.4) is 0 Å². The predicted octanol–water partition coefficient (Wildman–Crippen LogP) is 4.82. The third-order valence-corrected chi connectivity index (χ3v) is 7.84. The van der Waals surface area contributed by atoms with Gasteiger partial charge in [0.1, 0.15) is 11.9 Å². The summed E-state index contributed by atoms with van der Waals surface area (Å²) in [6, 6.07) is 8.02. The second-order valence-electron chi connectivity index (χ2n) is 10.3. The van der Waals surface area contributed by atoms with Gasteiger partial charge >= 0.3 is 5.97 Å². The van der Waals surface area contributed by atoms with E-state index in [4.69, 9.17) is 19.4 Å². The minimum atomic E-state index is -0.397. The molecule has 7 nitrogen and oxygen atoms in total. The highest BCUT2D eigenvalue weighted by molar-refractivity contribution is 5.78. The molecule has 7 heteroatoms. The highest BCUT2D eigenvalue weighted by Gasteiger charge is 2.38. The number of esters is 1. The molecule has 5 rings (SSSR count). The van der Waals surface area contributed by atoms with Crippen molar-refractivity contribution < 1.29 is 14.3 Å². The molecule has 2 atom stereocenters. The number of likely N-dealkylation sites (tertiary alicyclic amines) is 1. The first-order valence-electron chi connectivity index (χ1n) is 13.9. The third kappa shape index (κ3) is 5.89. The smallest absolute Gasteiger partial charge is 0.328 e. The van der Waals surface area contributed by atoms with Gasteiger partial charge in [0.05, 0.1) is 12.7 Å². The van der Waals surface area contributed by atoms with E-state index in [9.17, 15) is 4.79 Å². The lowest BCUT2D eigenvalue weighted by atomic mass is 9.80. The Bertz CT molecular complexity index is 1030. The van der Waals surface area contributed by atoms with Gasteiger partial charge in [0.15, 0.2) is 0 Å². The first-order valence-corrected chi connectivity index (χ1v) is 13.9. The van der Waals surface area contributed by atoms with Crippen LogP contribution in [0.1, 0.15) is 86.3 Å². The van der Waals surface area contributed by atoms with Gasteiger partial charge in [-0.2, -0.15) is 0 Å². The molecule has 1 saturated heterocycles. The molecule has 0 aromatic carbocycles. The van der Waals surface area contributed by atoms with Crippen molar-refractivity contribution in [3.05, 3.63) is 53.0 Å². The van der Waals surface area contributed by atoms with E-state index in [1.54, 1.807) is 0 Å². The van der Waals surface area contributed by atoms with Crippen molar-refractivity contribution in [1.29, 1.82) is 0 Å². The summed E-state index contributed by atoms with van der Waals surface area (Å²) < 4.78 is 11.8. The molecule has 2 fully saturated rings. The number of carbonyl (C=O) groups excluding carboxylic acids is 1. The fraction of sp³-hybridized carbons (Fsp3) is 0.621. The molecule has 2 aromatic rings. The molecule has 0 bridgehead atoms. The summed E-state index contributed by atoms with van der Waals surface area (Å²) in [4.78, 5) is 24.8. The molecule has 3 aliphatic rings. The van der Waals surface area contributed by atoms with Crippen LogP contribution in [0.15, 0.2) is 30.5 Å². The minimum Gasteiger partial charge on any atom is -0.465 e. The summed E-state index contributed by atoms with van der Waals surface area (Å²) in [6.07, 6.45) is 11.9. The van der Waals surface area contributed by atoms with Crippen molar-refractivity contribution in [3.63, 3.8) is 0 Å². The van der Waals surface area contributed by atoms with E-state index in [-0.39, 0.29) is 12.1 Å². The van der Waals surface area contributed by atoms with Crippen LogP contribution < -0.4 is 5.32 Å². The van der Waals surface area contributed by atoms with Crippen LogP contribution >= 0.6 is 0 Å². The van der Waals surface area contributed by atoms with E-state index in [2.05, 4.69) is 28.4 Å². The average molecular weight is 493 g/mol. The lowest BCUT2D eigenvalue weighted by molar-refractivity contribution is -0.149. The van der Waals surface area contributed by atoms with E-state index >= 15 is 0 Å². The Morgan fingerprint density at radius 3 is 2.94 bits per heavy atom. The Morgan fingerprint density at radius 1 is 1.19 bits per heavy atom. The Labute approximate surface area is 215 Å². The highest BCUT2D eigenvalue weighted by atomic mass is 16.5. The number of hydrogen-bond acceptors (Lipinski definition) is 7. The summed E-state index contributed by atoms with van der Waals surface area (Å²) in [6.45, 7) is 5.61. The van der Waals surface area contributed by atoms with Gasteiger partial charge in [0, 0.05) is 55.3 Å². The standard InChI is InChI=1S/C29H40N4O3/c1-2-35-29(34)27(25-12-7-16-30-26(25)21-8-5-9-21)33-18-15-24(20-33)36-19-4-3-11-23-14-13-22-10-6-17-31-28(22)32-23/h7,12-14,16,21,24,27H,2-6,8-11,15,17-20H2,1H3,(H,31,32)/t24-,27?/m1/s1. The number of carbonyl (C=O) groups is 1. The fourth-order valence-electron chi connectivity index (χ4n) is 5.67. The zero-order valence-corrected chi connectivity index (χ0v) is 21.6. The van der Waals surface area contributed by atoms with Gasteiger partial charge in [-0.25, -0.2) is 9.78 Å². The first kappa shape index (κ1) is 25.2. The zero-order valence-electron chi connectivity index (χ0n) is 21.6. The number of rotatable bonds is 11. The number of nitrogens with zero attached hydrogens (tertiary/aromatic N) is 3. The number of ether oxygens (including phenoxy) is 2. The summed E-state index contributed by atoms with van der Waals surface area (Å²) in [5, 5.41) is 3.42. The number of nitrogens with one attached hydrogen (secondary N) is 1. The van der Waals surface area contributed by atoms with E-state index < -0.39 is 6.04 Å². The Kier molecular flexibility index (Phi) is 8.49. The Hall–Kier alpha value is -2.51. The maximum absolute atomic E-state index is 13.1. The van der Waals surface area contributed by atoms with E-state index in [0.717, 1.165) is 94.0 Å². The van der Waals surface area contributed by atoms with Crippen LogP contribution in [0.5, 0.6) is 0 Å². The lowest BCUT2D eigenvalue weighted by Gasteiger charge is -2.32. The molecule has 36 heavy (non-hydrogen) atoms. The summed E-state index contributed by atoms with van der Waals surface area (Å²) in [5.41, 5.74) is 4.60. The highest BCUT2D eigenvalue weighted by Crippen LogP contribution is 2.40. The third-order valence-electron chi connectivity index (χ3n) is 7.84. The number of hydrogen-bond donors (Lipinski definition) is 1. The van der Waals surface area contributed by atoms with Gasteiger partial charge in [-0.3, -0.25) is 9.88 Å². The summed E-state index contributed by atoms with van der Waals surface area (Å²) >= 11 is 0. The van der Waals surface area contributed by atoms with Crippen molar-refractivity contribution >= 4 is 11.8 Å². The van der Waals surface area contributed by atoms with Gasteiger partial charge in [-0.15, -0.1) is 0 Å². The first-order chi connectivity index (χ1) is 17.7. The fourth-order valence-corrected chi connectivity index (χ4v) is 5.67. The van der Waals surface area contributed by atoms with Gasteiger partial charge in [0.25, 0.3) is 0 Å². The molecule has 2 aromatic heterocycles. The molecule has 0 radical (unpaired) electrons. The van der Waals surface area contributed by atoms with Crippen LogP contribution in [0.2, 0.25) is 0 Å². The van der Waals surface area contributed by atoms with Crippen LogP contribution in [-0.2, 0) is 27.1 Å². The second kappa shape index (κ2) is 12.2. The molecule has 2 aliphatic heterocycles. The van der Waals surface area contributed by atoms with E-state index in [1.165, 1.54) is 18.4 Å².